The van der Waals surface area contributed by atoms with Gasteiger partial charge in [-0.15, -0.1) is 0 Å². The number of primary amides is 1. The van der Waals surface area contributed by atoms with Gasteiger partial charge in [0, 0.05) is 6.54 Å². The molecule has 0 aromatic rings. The fourth-order valence-corrected chi connectivity index (χ4v) is 3.32. The zero-order valence-corrected chi connectivity index (χ0v) is 14.0. The quantitative estimate of drug-likeness (QED) is 0.699. The maximum Gasteiger partial charge on any atom is 0.411 e. The molecule has 2 rings (SSSR count). The molecule has 1 unspecified atom stereocenters. The Bertz CT molecular complexity index is 528. The molecular formula is C15H25N3O5. The van der Waals surface area contributed by atoms with Crippen molar-refractivity contribution >= 4 is 17.9 Å². The van der Waals surface area contributed by atoms with Gasteiger partial charge in [0.15, 0.2) is 0 Å². The van der Waals surface area contributed by atoms with E-state index in [-0.39, 0.29) is 12.5 Å². The van der Waals surface area contributed by atoms with Crippen molar-refractivity contribution in [2.24, 2.45) is 5.73 Å². The normalized spacial score (nSPS) is 26.9. The first kappa shape index (κ1) is 17.5. The third kappa shape index (κ3) is 2.99. The molecule has 2 saturated heterocycles. The Morgan fingerprint density at radius 1 is 1.39 bits per heavy atom. The Kier molecular flexibility index (Phi) is 4.32. The summed E-state index contributed by atoms with van der Waals surface area (Å²) in [6, 6.07) is -1.07. The third-order valence-electron chi connectivity index (χ3n) is 4.28. The van der Waals surface area contributed by atoms with E-state index in [0.29, 0.717) is 19.4 Å². The molecule has 8 nitrogen and oxygen atoms in total. The number of amides is 3. The molecule has 1 spiro atoms. The van der Waals surface area contributed by atoms with Gasteiger partial charge in [-0.05, 0) is 40.5 Å². The van der Waals surface area contributed by atoms with Crippen molar-refractivity contribution in [3.63, 3.8) is 0 Å². The molecule has 2 fully saturated rings. The molecule has 3 amide bonds. The monoisotopic (exact) mass is 327 g/mol. The van der Waals surface area contributed by atoms with E-state index in [1.54, 1.807) is 20.8 Å². The predicted octanol–water partition coefficient (Wildman–Crippen LogP) is -0.167. The smallest absolute Gasteiger partial charge is 0.411 e. The first-order valence-electron chi connectivity index (χ1n) is 7.79. The highest BCUT2D eigenvalue weighted by Gasteiger charge is 2.62. The molecule has 0 aliphatic carbocycles. The number of carbonyl (C=O) groups is 3. The molecule has 0 aromatic heterocycles. The lowest BCUT2D eigenvalue weighted by Crippen LogP contribution is -2.77. The van der Waals surface area contributed by atoms with E-state index in [9.17, 15) is 19.5 Å². The van der Waals surface area contributed by atoms with Gasteiger partial charge in [-0.3, -0.25) is 14.5 Å². The highest BCUT2D eigenvalue weighted by atomic mass is 16.6. The number of aliphatic hydroxyl groups is 1. The van der Waals surface area contributed by atoms with E-state index in [2.05, 4.69) is 0 Å². The molecule has 2 aliphatic heterocycles. The zero-order valence-electron chi connectivity index (χ0n) is 14.0. The summed E-state index contributed by atoms with van der Waals surface area (Å²) in [7, 11) is 0. The zero-order chi connectivity index (χ0) is 17.6. The van der Waals surface area contributed by atoms with Crippen LogP contribution in [-0.4, -0.2) is 69.2 Å². The average molecular weight is 327 g/mol. The minimum atomic E-state index is -1.07. The molecule has 2 heterocycles. The lowest BCUT2D eigenvalue weighted by atomic mass is 9.83. The van der Waals surface area contributed by atoms with Gasteiger partial charge in [0.25, 0.3) is 5.91 Å². The Morgan fingerprint density at radius 3 is 2.43 bits per heavy atom. The van der Waals surface area contributed by atoms with Crippen LogP contribution < -0.4 is 5.73 Å². The van der Waals surface area contributed by atoms with Crippen LogP contribution in [0.25, 0.3) is 0 Å². The molecule has 0 saturated carbocycles. The van der Waals surface area contributed by atoms with Crippen LogP contribution >= 0.6 is 0 Å². The van der Waals surface area contributed by atoms with E-state index in [1.165, 1.54) is 16.7 Å². The van der Waals surface area contributed by atoms with Crippen molar-refractivity contribution in [3.8, 4) is 0 Å². The number of rotatable bonds is 3. The van der Waals surface area contributed by atoms with Crippen molar-refractivity contribution in [2.45, 2.75) is 63.8 Å². The van der Waals surface area contributed by atoms with Gasteiger partial charge in [-0.2, -0.15) is 0 Å². The minimum absolute atomic E-state index is 0.184. The highest BCUT2D eigenvalue weighted by Crippen LogP contribution is 2.41. The number of hydrogen-bond donors (Lipinski definition) is 2. The molecule has 0 bridgehead atoms. The van der Waals surface area contributed by atoms with Gasteiger partial charge in [0.1, 0.15) is 17.2 Å². The third-order valence-corrected chi connectivity index (χ3v) is 4.28. The van der Waals surface area contributed by atoms with Crippen LogP contribution in [0.5, 0.6) is 0 Å². The Hall–Kier alpha value is -1.83. The first-order valence-corrected chi connectivity index (χ1v) is 7.79. The lowest BCUT2D eigenvalue weighted by Gasteiger charge is -2.53. The van der Waals surface area contributed by atoms with Gasteiger partial charge in [-0.25, -0.2) is 4.79 Å². The van der Waals surface area contributed by atoms with E-state index < -0.39 is 35.3 Å². The van der Waals surface area contributed by atoms with Gasteiger partial charge in [0.05, 0.1) is 12.6 Å². The number of nitrogens with zero attached hydrogens (tertiary/aromatic N) is 2. The number of β-lactam (4-membered cyclic amide) rings is 1. The van der Waals surface area contributed by atoms with Crippen molar-refractivity contribution in [2.75, 3.05) is 13.1 Å². The molecule has 0 radical (unpaired) electrons. The standard InChI is InChI=1S/C15H25N3O5/c1-9(19)10(11(16)20)17-8-15(12(17)21)6-5-7-18(15)13(22)23-14(2,3)4/h9-10,19H,5-8H2,1-4H3,(H2,16,20)/t9-,10?,15+/m1/s1. The summed E-state index contributed by atoms with van der Waals surface area (Å²) >= 11 is 0. The van der Waals surface area contributed by atoms with E-state index in [0.717, 1.165) is 0 Å². The Labute approximate surface area is 135 Å². The SMILES string of the molecule is C[C@@H](O)C(C(N)=O)N1C[C@@]2(CCCN2C(=O)OC(C)(C)C)C1=O. The molecule has 130 valence electrons. The molecule has 2 aliphatic rings. The van der Waals surface area contributed by atoms with E-state index in [4.69, 9.17) is 10.5 Å². The number of likely N-dealkylation sites (tertiary alicyclic amines) is 2. The number of hydrogen-bond acceptors (Lipinski definition) is 5. The Morgan fingerprint density at radius 2 is 2.00 bits per heavy atom. The van der Waals surface area contributed by atoms with Crippen LogP contribution in [0.3, 0.4) is 0 Å². The molecule has 8 heteroatoms. The van der Waals surface area contributed by atoms with Crippen molar-refractivity contribution < 1.29 is 24.2 Å². The average Bonchev–Trinajstić information content (AvgIpc) is 2.81. The number of nitrogens with two attached hydrogens (primary N) is 1. The second-order valence-corrected chi connectivity index (χ2v) is 7.29. The fraction of sp³-hybridized carbons (Fsp3) is 0.800. The minimum Gasteiger partial charge on any atom is -0.444 e. The molecule has 3 N–H and O–H groups in total. The summed E-state index contributed by atoms with van der Waals surface area (Å²) in [6.45, 7) is 7.32. The second kappa shape index (κ2) is 5.67. The van der Waals surface area contributed by atoms with Crippen LogP contribution in [0.2, 0.25) is 0 Å². The molecular weight excluding hydrogens is 302 g/mol. The summed E-state index contributed by atoms with van der Waals surface area (Å²) in [5.74, 6) is -1.12. The summed E-state index contributed by atoms with van der Waals surface area (Å²) in [5.41, 5.74) is 3.66. The van der Waals surface area contributed by atoms with E-state index >= 15 is 0 Å². The molecule has 23 heavy (non-hydrogen) atoms. The maximum atomic E-state index is 12.7. The number of aliphatic hydroxyl groups excluding tert-OH is 1. The van der Waals surface area contributed by atoms with Crippen molar-refractivity contribution in [1.29, 1.82) is 0 Å². The highest BCUT2D eigenvalue weighted by molar-refractivity contribution is 5.99. The summed E-state index contributed by atoms with van der Waals surface area (Å²) < 4.78 is 5.37. The number of carbonyl (C=O) groups excluding carboxylic acids is 3. The van der Waals surface area contributed by atoms with Crippen LogP contribution in [-0.2, 0) is 14.3 Å². The van der Waals surface area contributed by atoms with Gasteiger partial charge in [0.2, 0.25) is 5.91 Å². The topological polar surface area (TPSA) is 113 Å². The predicted molar refractivity (Wildman–Crippen MR) is 81.3 cm³/mol. The summed E-state index contributed by atoms with van der Waals surface area (Å²) in [5, 5.41) is 9.69. The van der Waals surface area contributed by atoms with Gasteiger partial charge < -0.3 is 20.5 Å². The van der Waals surface area contributed by atoms with Crippen LogP contribution in [0.1, 0.15) is 40.5 Å². The lowest BCUT2D eigenvalue weighted by molar-refractivity contribution is -0.171. The van der Waals surface area contributed by atoms with Gasteiger partial charge >= 0.3 is 6.09 Å². The summed E-state index contributed by atoms with van der Waals surface area (Å²) in [4.78, 5) is 39.2. The second-order valence-electron chi connectivity index (χ2n) is 7.29. The number of ether oxygens (including phenoxy) is 1. The van der Waals surface area contributed by atoms with Crippen LogP contribution in [0.15, 0.2) is 0 Å². The van der Waals surface area contributed by atoms with Gasteiger partial charge in [-0.1, -0.05) is 0 Å². The van der Waals surface area contributed by atoms with Crippen molar-refractivity contribution in [1.82, 2.24) is 9.80 Å². The summed E-state index contributed by atoms with van der Waals surface area (Å²) in [6.07, 6.45) is -0.387. The molecule has 3 atom stereocenters. The van der Waals surface area contributed by atoms with Crippen LogP contribution in [0, 0.1) is 0 Å². The first-order chi connectivity index (χ1) is 10.5. The maximum absolute atomic E-state index is 12.7. The largest absolute Gasteiger partial charge is 0.444 e. The Balaban J connectivity index is 2.16. The van der Waals surface area contributed by atoms with E-state index in [1.807, 2.05) is 0 Å². The molecule has 0 aromatic carbocycles. The fourth-order valence-electron chi connectivity index (χ4n) is 3.32. The van der Waals surface area contributed by atoms with Crippen LogP contribution in [0.4, 0.5) is 4.79 Å². The van der Waals surface area contributed by atoms with Crippen molar-refractivity contribution in [3.05, 3.63) is 0 Å².